The van der Waals surface area contributed by atoms with Gasteiger partial charge in [0.25, 0.3) is 0 Å². The highest BCUT2D eigenvalue weighted by Crippen LogP contribution is 2.55. The molecule has 0 amide bonds. The van der Waals surface area contributed by atoms with E-state index >= 15 is 0 Å². The molecule has 0 aromatic heterocycles. The minimum absolute atomic E-state index is 0.0148. The Kier molecular flexibility index (Phi) is 8.47. The highest BCUT2D eigenvalue weighted by molar-refractivity contribution is 7.59. The lowest BCUT2D eigenvalue weighted by molar-refractivity contribution is 0.368. The fourth-order valence-electron chi connectivity index (χ4n) is 3.86. The Labute approximate surface area is 121 Å². The van der Waals surface area contributed by atoms with Crippen LogP contribution in [0.15, 0.2) is 0 Å². The molecule has 0 N–H and O–H groups in total. The lowest BCUT2D eigenvalue weighted by Crippen LogP contribution is -2.21. The summed E-state index contributed by atoms with van der Waals surface area (Å²) in [5.41, 5.74) is 2.41. The Morgan fingerprint density at radius 3 is 1.30 bits per heavy atom. The molecule has 0 aromatic rings. The topological polar surface area (TPSA) is 0 Å². The van der Waals surface area contributed by atoms with Gasteiger partial charge in [0, 0.05) is 7.92 Å². The van der Waals surface area contributed by atoms with Gasteiger partial charge >= 0.3 is 7.25 Å². The first-order valence-electron chi connectivity index (χ1n) is 8.14. The van der Waals surface area contributed by atoms with E-state index in [2.05, 4.69) is 6.92 Å². The first kappa shape index (κ1) is 18.3. The van der Waals surface area contributed by atoms with Gasteiger partial charge in [0.1, 0.15) is 0 Å². The van der Waals surface area contributed by atoms with Crippen LogP contribution in [0.1, 0.15) is 71.1 Å². The third-order valence-electron chi connectivity index (χ3n) is 4.67. The molecule has 2 saturated carbocycles. The second kappa shape index (κ2) is 9.28. The smallest absolute Gasteiger partial charge is 0.418 e. The molecule has 0 aliphatic heterocycles. The zero-order chi connectivity index (χ0) is 15.0. The molecule has 0 spiro atoms. The van der Waals surface area contributed by atoms with Gasteiger partial charge in [-0.05, 0) is 58.3 Å². The van der Waals surface area contributed by atoms with Crippen LogP contribution >= 0.6 is 7.92 Å². The lowest BCUT2D eigenvalue weighted by atomic mass is 9.99. The summed E-state index contributed by atoms with van der Waals surface area (Å²) in [7, 11) is -5.99. The molecule has 2 aliphatic carbocycles. The summed E-state index contributed by atoms with van der Waals surface area (Å²) in [6.07, 6.45) is 17.2. The van der Waals surface area contributed by atoms with Crippen molar-refractivity contribution in [2.75, 3.05) is 6.16 Å². The number of hydrogen-bond donors (Lipinski definition) is 0. The monoisotopic (exact) mass is 314 g/mol. The molecule has 6 heteroatoms. The van der Waals surface area contributed by atoms with Gasteiger partial charge in [-0.3, -0.25) is 0 Å². The molecule has 20 heavy (non-hydrogen) atoms. The van der Waals surface area contributed by atoms with Gasteiger partial charge in [0.2, 0.25) is 0 Å². The Morgan fingerprint density at radius 1 is 0.750 bits per heavy atom. The van der Waals surface area contributed by atoms with Gasteiger partial charge in [-0.15, -0.1) is 0 Å². The van der Waals surface area contributed by atoms with Crippen molar-refractivity contribution in [1.29, 1.82) is 0 Å². The average molecular weight is 314 g/mol. The van der Waals surface area contributed by atoms with Crippen LogP contribution in [-0.4, -0.2) is 24.7 Å². The Morgan fingerprint density at radius 2 is 1.05 bits per heavy atom. The number of hydrogen-bond acceptors (Lipinski definition) is 0. The van der Waals surface area contributed by atoms with Crippen LogP contribution in [0.4, 0.5) is 17.3 Å². The summed E-state index contributed by atoms with van der Waals surface area (Å²) < 4.78 is 39.0. The SMILES string of the molecule is CC[PH+](C1CCCCC1)C1CCCCC1.F[B-](F)(F)F. The van der Waals surface area contributed by atoms with Crippen molar-refractivity contribution in [2.45, 2.75) is 82.4 Å². The van der Waals surface area contributed by atoms with E-state index in [1.807, 2.05) is 0 Å². The summed E-state index contributed by atoms with van der Waals surface area (Å²) in [6.45, 7) is 2.48. The van der Waals surface area contributed by atoms with E-state index in [1.165, 1.54) is 24.2 Å². The van der Waals surface area contributed by atoms with Gasteiger partial charge < -0.3 is 17.3 Å². The molecule has 0 saturated heterocycles. The van der Waals surface area contributed by atoms with Crippen LogP contribution in [-0.2, 0) is 0 Å². The minimum Gasteiger partial charge on any atom is -0.418 e. The Bertz CT molecular complexity index is 224. The molecule has 0 atom stereocenters. The number of halogens is 4. The van der Waals surface area contributed by atoms with Crippen molar-refractivity contribution in [3.05, 3.63) is 0 Å². The standard InChI is InChI=1S/C14H27P.BF4/c1-2-15(13-9-5-3-6-10-13)14-11-7-4-8-12-14;2-1(3,4)5/h13-14H,2-12H2,1H3;/q;-1/p+1. The molecule has 2 rings (SSSR count). The molecule has 2 aliphatic rings. The molecule has 0 heterocycles. The van der Waals surface area contributed by atoms with Gasteiger partial charge in [0.15, 0.2) is 0 Å². The maximum atomic E-state index is 9.75. The maximum Gasteiger partial charge on any atom is 0.673 e. The van der Waals surface area contributed by atoms with Gasteiger partial charge in [-0.25, -0.2) is 0 Å². The van der Waals surface area contributed by atoms with Crippen LogP contribution in [0.3, 0.4) is 0 Å². The van der Waals surface area contributed by atoms with Gasteiger partial charge in [-0.1, -0.05) is 12.8 Å². The minimum atomic E-state index is -6.00. The predicted molar refractivity (Wildman–Crippen MR) is 82.8 cm³/mol. The van der Waals surface area contributed by atoms with Gasteiger partial charge in [0.05, 0.1) is 17.5 Å². The van der Waals surface area contributed by atoms with E-state index in [4.69, 9.17) is 0 Å². The molecule has 0 radical (unpaired) electrons. The summed E-state index contributed by atoms with van der Waals surface area (Å²) in [6, 6.07) is 0. The normalized spacial score (nSPS) is 22.5. The van der Waals surface area contributed by atoms with E-state index in [0.717, 1.165) is 0 Å². The van der Waals surface area contributed by atoms with E-state index in [9.17, 15) is 17.3 Å². The van der Waals surface area contributed by atoms with E-state index < -0.39 is 7.25 Å². The maximum absolute atomic E-state index is 9.75. The second-order valence-corrected chi connectivity index (χ2v) is 9.58. The van der Waals surface area contributed by atoms with Crippen molar-refractivity contribution in [3.63, 3.8) is 0 Å². The van der Waals surface area contributed by atoms with Crippen molar-refractivity contribution < 1.29 is 17.3 Å². The fourth-order valence-corrected chi connectivity index (χ4v) is 7.98. The first-order valence-corrected chi connectivity index (χ1v) is 10.0. The molecule has 120 valence electrons. The van der Waals surface area contributed by atoms with Crippen molar-refractivity contribution in [3.8, 4) is 0 Å². The molecule has 0 nitrogen and oxygen atoms in total. The molecule has 2 fully saturated rings. The molecule has 0 bridgehead atoms. The predicted octanol–water partition coefficient (Wildman–Crippen LogP) is 6.19. The van der Waals surface area contributed by atoms with E-state index in [0.29, 0.717) is 0 Å². The third-order valence-corrected chi connectivity index (χ3v) is 8.74. The van der Waals surface area contributed by atoms with E-state index in [-0.39, 0.29) is 7.92 Å². The molecular weight excluding hydrogens is 286 g/mol. The Hall–Kier alpha value is 0.215. The second-order valence-electron chi connectivity index (χ2n) is 6.09. The fraction of sp³-hybridized carbons (Fsp3) is 1.00. The quantitative estimate of drug-likeness (QED) is 0.331. The van der Waals surface area contributed by atoms with Gasteiger partial charge in [-0.2, -0.15) is 0 Å². The highest BCUT2D eigenvalue weighted by Gasteiger charge is 2.35. The van der Waals surface area contributed by atoms with Crippen LogP contribution < -0.4 is 0 Å². The molecule has 0 aromatic carbocycles. The summed E-state index contributed by atoms with van der Waals surface area (Å²) in [5.74, 6) is 0. The van der Waals surface area contributed by atoms with Crippen LogP contribution in [0.25, 0.3) is 0 Å². The summed E-state index contributed by atoms with van der Waals surface area (Å²) in [4.78, 5) is 0. The van der Waals surface area contributed by atoms with Crippen LogP contribution in [0.5, 0.6) is 0 Å². The zero-order valence-electron chi connectivity index (χ0n) is 12.5. The molecular formula is C14H28BF4P. The van der Waals surface area contributed by atoms with Crippen molar-refractivity contribution in [1.82, 2.24) is 0 Å². The van der Waals surface area contributed by atoms with Crippen LogP contribution in [0.2, 0.25) is 0 Å². The summed E-state index contributed by atoms with van der Waals surface area (Å²) in [5, 5.41) is 0. The number of rotatable bonds is 3. The van der Waals surface area contributed by atoms with Crippen molar-refractivity contribution in [2.24, 2.45) is 0 Å². The lowest BCUT2D eigenvalue weighted by Gasteiger charge is -2.31. The first-order chi connectivity index (χ1) is 9.42. The largest absolute Gasteiger partial charge is 0.673 e. The van der Waals surface area contributed by atoms with Crippen LogP contribution in [0, 0.1) is 0 Å². The van der Waals surface area contributed by atoms with E-state index in [1.54, 1.807) is 57.5 Å². The van der Waals surface area contributed by atoms with Crippen molar-refractivity contribution >= 4 is 15.2 Å². The zero-order valence-corrected chi connectivity index (χ0v) is 13.5. The molecule has 0 unspecified atom stereocenters. The third kappa shape index (κ3) is 7.85. The average Bonchev–Trinajstić information content (AvgIpc) is 2.40. The highest BCUT2D eigenvalue weighted by atomic mass is 31.1. The summed E-state index contributed by atoms with van der Waals surface area (Å²) >= 11 is 0. The Balaban J connectivity index is 0.000000347.